The molecule has 2 heterocycles. The Hall–Kier alpha value is -1.59. The minimum Gasteiger partial charge on any atom is -0.481 e. The van der Waals surface area contributed by atoms with Gasteiger partial charge in [-0.05, 0) is 31.4 Å². The average Bonchev–Trinajstić information content (AvgIpc) is 3.03. The molecule has 0 aromatic heterocycles. The van der Waals surface area contributed by atoms with Gasteiger partial charge in [0.1, 0.15) is 0 Å². The van der Waals surface area contributed by atoms with Crippen LogP contribution in [0.4, 0.5) is 5.69 Å². The third kappa shape index (κ3) is 2.40. The molecule has 3 rings (SSSR count). The number of ether oxygens (including phenoxy) is 1. The van der Waals surface area contributed by atoms with Gasteiger partial charge in [0.05, 0.1) is 34.8 Å². The van der Waals surface area contributed by atoms with Crippen molar-refractivity contribution in [1.29, 1.82) is 0 Å². The van der Waals surface area contributed by atoms with Gasteiger partial charge in [-0.25, -0.2) is 0 Å². The molecular formula is C15H16ClNO4. The summed E-state index contributed by atoms with van der Waals surface area (Å²) in [6.07, 6.45) is 0.777. The lowest BCUT2D eigenvalue weighted by Crippen LogP contribution is -2.41. The van der Waals surface area contributed by atoms with E-state index in [1.54, 1.807) is 12.1 Å². The molecule has 2 bridgehead atoms. The molecular weight excluding hydrogens is 294 g/mol. The molecule has 0 radical (unpaired) electrons. The van der Waals surface area contributed by atoms with Crippen LogP contribution in [0.25, 0.3) is 0 Å². The first-order valence-corrected chi connectivity index (χ1v) is 7.31. The average molecular weight is 310 g/mol. The fraction of sp³-hybridized carbons (Fsp3) is 0.467. The van der Waals surface area contributed by atoms with E-state index >= 15 is 0 Å². The number of carboxylic acids is 1. The topological polar surface area (TPSA) is 75.6 Å². The van der Waals surface area contributed by atoms with Crippen LogP contribution in [0.5, 0.6) is 0 Å². The first-order chi connectivity index (χ1) is 9.99. The molecule has 1 aromatic carbocycles. The summed E-state index contributed by atoms with van der Waals surface area (Å²) in [5, 5.41) is 12.6. The predicted octanol–water partition coefficient (Wildman–Crippen LogP) is 2.47. The zero-order valence-corrected chi connectivity index (χ0v) is 12.3. The molecule has 0 aliphatic carbocycles. The highest BCUT2D eigenvalue weighted by atomic mass is 35.5. The number of aliphatic carboxylic acids is 1. The second-order valence-corrected chi connectivity index (χ2v) is 6.01. The van der Waals surface area contributed by atoms with Gasteiger partial charge in [0.25, 0.3) is 0 Å². The fourth-order valence-corrected chi connectivity index (χ4v) is 3.59. The molecule has 0 spiro atoms. The molecule has 2 saturated heterocycles. The Morgan fingerprint density at radius 2 is 1.95 bits per heavy atom. The van der Waals surface area contributed by atoms with E-state index in [1.165, 1.54) is 0 Å². The van der Waals surface area contributed by atoms with E-state index in [1.807, 2.05) is 13.0 Å². The SMILES string of the molecule is Cc1cccc(Cl)c1NC(=O)[C@@H]1[C@@H](C(=O)O)[C@H]2CC[C@H]1O2. The number of amides is 1. The number of fused-ring (bicyclic) bond motifs is 2. The number of hydrogen-bond acceptors (Lipinski definition) is 3. The van der Waals surface area contributed by atoms with Gasteiger partial charge >= 0.3 is 5.97 Å². The second kappa shape index (κ2) is 5.31. The maximum atomic E-state index is 12.5. The Kier molecular flexibility index (Phi) is 3.63. The summed E-state index contributed by atoms with van der Waals surface area (Å²) in [7, 11) is 0. The highest BCUT2D eigenvalue weighted by Crippen LogP contribution is 2.44. The van der Waals surface area contributed by atoms with Crippen molar-refractivity contribution in [2.24, 2.45) is 11.8 Å². The van der Waals surface area contributed by atoms with E-state index in [4.69, 9.17) is 16.3 Å². The van der Waals surface area contributed by atoms with E-state index in [2.05, 4.69) is 5.32 Å². The minimum atomic E-state index is -0.974. The van der Waals surface area contributed by atoms with Crippen molar-refractivity contribution in [3.8, 4) is 0 Å². The zero-order chi connectivity index (χ0) is 15.1. The monoisotopic (exact) mass is 309 g/mol. The van der Waals surface area contributed by atoms with Crippen molar-refractivity contribution in [3.63, 3.8) is 0 Å². The van der Waals surface area contributed by atoms with Crippen LogP contribution in [0, 0.1) is 18.8 Å². The van der Waals surface area contributed by atoms with Gasteiger partial charge < -0.3 is 15.2 Å². The van der Waals surface area contributed by atoms with Crippen molar-refractivity contribution in [2.45, 2.75) is 32.0 Å². The minimum absolute atomic E-state index is 0.307. The van der Waals surface area contributed by atoms with Crippen LogP contribution in [0.2, 0.25) is 5.02 Å². The molecule has 2 N–H and O–H groups in total. The zero-order valence-electron chi connectivity index (χ0n) is 11.5. The van der Waals surface area contributed by atoms with Crippen LogP contribution in [0.15, 0.2) is 18.2 Å². The van der Waals surface area contributed by atoms with Crippen LogP contribution >= 0.6 is 11.6 Å². The van der Waals surface area contributed by atoms with Crippen LogP contribution in [-0.4, -0.2) is 29.2 Å². The Bertz CT molecular complexity index is 583. The lowest BCUT2D eigenvalue weighted by molar-refractivity contribution is -0.147. The summed E-state index contributed by atoms with van der Waals surface area (Å²) in [6.45, 7) is 1.84. The summed E-state index contributed by atoms with van der Waals surface area (Å²) in [4.78, 5) is 23.9. The molecule has 112 valence electrons. The summed E-state index contributed by atoms with van der Waals surface area (Å²) in [5.74, 6) is -2.73. The maximum absolute atomic E-state index is 12.5. The van der Waals surface area contributed by atoms with Crippen LogP contribution in [0.1, 0.15) is 18.4 Å². The van der Waals surface area contributed by atoms with E-state index in [-0.39, 0.29) is 18.1 Å². The number of nitrogens with one attached hydrogen (secondary N) is 1. The number of carboxylic acid groups (broad SMARTS) is 1. The molecule has 6 heteroatoms. The number of hydrogen-bond donors (Lipinski definition) is 2. The summed E-state index contributed by atoms with van der Waals surface area (Å²) in [6, 6.07) is 5.33. The van der Waals surface area contributed by atoms with Crippen molar-refractivity contribution in [1.82, 2.24) is 0 Å². The van der Waals surface area contributed by atoms with Crippen molar-refractivity contribution in [3.05, 3.63) is 28.8 Å². The standard InChI is InChI=1S/C15H16ClNO4/c1-7-3-2-4-8(16)13(7)17-14(18)11-9-5-6-10(21-9)12(11)15(19)20/h2-4,9-12H,5-6H2,1H3,(H,17,18)(H,19,20)/t9-,10-,11+,12+/m1/s1. The van der Waals surface area contributed by atoms with E-state index < -0.39 is 17.8 Å². The lowest BCUT2D eigenvalue weighted by Gasteiger charge is -2.24. The van der Waals surface area contributed by atoms with Crippen molar-refractivity contribution >= 4 is 29.2 Å². The van der Waals surface area contributed by atoms with Gasteiger partial charge in [0.2, 0.25) is 5.91 Å². The van der Waals surface area contributed by atoms with Crippen LogP contribution in [0.3, 0.4) is 0 Å². The number of rotatable bonds is 3. The van der Waals surface area contributed by atoms with Crippen LogP contribution in [-0.2, 0) is 14.3 Å². The molecule has 0 saturated carbocycles. The number of halogens is 1. The summed E-state index contributed by atoms with van der Waals surface area (Å²) in [5.41, 5.74) is 1.38. The van der Waals surface area contributed by atoms with E-state index in [0.717, 1.165) is 12.0 Å². The molecule has 5 nitrogen and oxygen atoms in total. The highest BCUT2D eigenvalue weighted by molar-refractivity contribution is 6.34. The lowest BCUT2D eigenvalue weighted by atomic mass is 9.78. The third-order valence-electron chi connectivity index (χ3n) is 4.33. The first-order valence-electron chi connectivity index (χ1n) is 6.93. The number of anilines is 1. The number of benzene rings is 1. The Morgan fingerprint density at radius 3 is 2.57 bits per heavy atom. The number of carbonyl (C=O) groups is 2. The quantitative estimate of drug-likeness (QED) is 0.899. The normalized spacial score (nSPS) is 30.4. The van der Waals surface area contributed by atoms with Gasteiger partial charge in [-0.2, -0.15) is 0 Å². The second-order valence-electron chi connectivity index (χ2n) is 5.60. The molecule has 2 aliphatic rings. The molecule has 0 unspecified atom stereocenters. The first kappa shape index (κ1) is 14.4. The molecule has 2 fully saturated rings. The highest BCUT2D eigenvalue weighted by Gasteiger charge is 2.55. The largest absolute Gasteiger partial charge is 0.481 e. The number of aryl methyl sites for hydroxylation is 1. The Balaban J connectivity index is 1.83. The smallest absolute Gasteiger partial charge is 0.310 e. The van der Waals surface area contributed by atoms with E-state index in [9.17, 15) is 14.7 Å². The predicted molar refractivity (Wildman–Crippen MR) is 77.3 cm³/mol. The van der Waals surface area contributed by atoms with Gasteiger partial charge in [-0.15, -0.1) is 0 Å². The summed E-state index contributed by atoms with van der Waals surface area (Å²) < 4.78 is 5.60. The molecule has 1 aromatic rings. The molecule has 1 amide bonds. The molecule has 4 atom stereocenters. The molecule has 21 heavy (non-hydrogen) atoms. The third-order valence-corrected chi connectivity index (χ3v) is 4.65. The number of carbonyl (C=O) groups excluding carboxylic acids is 1. The van der Waals surface area contributed by atoms with Crippen molar-refractivity contribution in [2.75, 3.05) is 5.32 Å². The van der Waals surface area contributed by atoms with Gasteiger partial charge in [-0.3, -0.25) is 9.59 Å². The fourth-order valence-electron chi connectivity index (χ4n) is 3.32. The van der Waals surface area contributed by atoms with Gasteiger partial charge in [0, 0.05) is 0 Å². The van der Waals surface area contributed by atoms with Gasteiger partial charge in [-0.1, -0.05) is 23.7 Å². The Labute approximate surface area is 127 Å². The van der Waals surface area contributed by atoms with Crippen LogP contribution < -0.4 is 5.32 Å². The number of para-hydroxylation sites is 1. The van der Waals surface area contributed by atoms with Gasteiger partial charge in [0.15, 0.2) is 0 Å². The van der Waals surface area contributed by atoms with Crippen molar-refractivity contribution < 1.29 is 19.4 Å². The van der Waals surface area contributed by atoms with E-state index in [0.29, 0.717) is 17.1 Å². The Morgan fingerprint density at radius 1 is 1.29 bits per heavy atom. The molecule has 2 aliphatic heterocycles. The maximum Gasteiger partial charge on any atom is 0.310 e. The summed E-state index contributed by atoms with van der Waals surface area (Å²) >= 11 is 6.10.